The molecule has 1 aliphatic heterocycles. The van der Waals surface area contributed by atoms with E-state index in [-0.39, 0.29) is 23.9 Å². The van der Waals surface area contributed by atoms with Gasteiger partial charge in [0.2, 0.25) is 5.91 Å². The maximum absolute atomic E-state index is 11.3. The quantitative estimate of drug-likeness (QED) is 0.879. The van der Waals surface area contributed by atoms with Crippen LogP contribution in [0.1, 0.15) is 24.9 Å². The molecular formula is C14H20ClN3O. The van der Waals surface area contributed by atoms with Gasteiger partial charge < -0.3 is 11.5 Å². The second kappa shape index (κ2) is 5.90. The molecule has 0 aliphatic carbocycles. The van der Waals surface area contributed by atoms with E-state index >= 15 is 0 Å². The minimum Gasteiger partial charge on any atom is -0.369 e. The van der Waals surface area contributed by atoms with Gasteiger partial charge in [-0.2, -0.15) is 0 Å². The van der Waals surface area contributed by atoms with Crippen LogP contribution in [0.15, 0.2) is 24.3 Å². The van der Waals surface area contributed by atoms with Crippen LogP contribution in [0.2, 0.25) is 5.02 Å². The molecule has 5 heteroatoms. The zero-order valence-electron chi connectivity index (χ0n) is 11.1. The Kier molecular flexibility index (Phi) is 4.45. The van der Waals surface area contributed by atoms with Crippen molar-refractivity contribution in [3.63, 3.8) is 0 Å². The van der Waals surface area contributed by atoms with Crippen LogP contribution in [-0.2, 0) is 4.79 Å². The fourth-order valence-electron chi connectivity index (χ4n) is 2.80. The zero-order chi connectivity index (χ0) is 14.0. The van der Waals surface area contributed by atoms with E-state index in [1.54, 1.807) is 0 Å². The molecule has 0 bridgehead atoms. The number of halogens is 1. The number of hydrogen-bond donors (Lipinski definition) is 2. The Hall–Kier alpha value is -1.10. The molecule has 3 atom stereocenters. The van der Waals surface area contributed by atoms with Gasteiger partial charge in [0.15, 0.2) is 0 Å². The van der Waals surface area contributed by atoms with Crippen molar-refractivity contribution in [3.8, 4) is 0 Å². The van der Waals surface area contributed by atoms with E-state index in [1.165, 1.54) is 0 Å². The molecule has 1 saturated heterocycles. The lowest BCUT2D eigenvalue weighted by molar-refractivity contribution is -0.121. The third-order valence-electron chi connectivity index (χ3n) is 3.74. The molecule has 1 aromatic carbocycles. The number of rotatable bonds is 4. The standard InChI is InChI=1S/C14H20ClN3O/c1-9(16)13(11-4-2-3-5-12(11)15)18-7-6-10(8-18)14(17)19/h2-5,9-10,13H,6-8,16H2,1H3,(H2,17,19). The first-order valence-corrected chi connectivity index (χ1v) is 6.92. The van der Waals surface area contributed by atoms with Crippen molar-refractivity contribution < 1.29 is 4.79 Å². The molecule has 0 saturated carbocycles. The second-order valence-electron chi connectivity index (χ2n) is 5.21. The maximum Gasteiger partial charge on any atom is 0.221 e. The number of nitrogens with two attached hydrogens (primary N) is 2. The van der Waals surface area contributed by atoms with Gasteiger partial charge in [0.1, 0.15) is 0 Å². The monoisotopic (exact) mass is 281 g/mol. The van der Waals surface area contributed by atoms with E-state index in [1.807, 2.05) is 31.2 Å². The molecule has 4 nitrogen and oxygen atoms in total. The highest BCUT2D eigenvalue weighted by Gasteiger charge is 2.34. The fourth-order valence-corrected chi connectivity index (χ4v) is 3.05. The van der Waals surface area contributed by atoms with Crippen molar-refractivity contribution in [1.82, 2.24) is 4.90 Å². The Balaban J connectivity index is 2.23. The summed E-state index contributed by atoms with van der Waals surface area (Å²) in [5.74, 6) is -0.311. The van der Waals surface area contributed by atoms with E-state index < -0.39 is 0 Å². The van der Waals surface area contributed by atoms with Crippen LogP contribution >= 0.6 is 11.6 Å². The highest BCUT2D eigenvalue weighted by Crippen LogP contribution is 2.33. The van der Waals surface area contributed by atoms with Gasteiger partial charge in [0.25, 0.3) is 0 Å². The van der Waals surface area contributed by atoms with Gasteiger partial charge in [-0.25, -0.2) is 0 Å². The van der Waals surface area contributed by atoms with Crippen molar-refractivity contribution in [2.24, 2.45) is 17.4 Å². The molecule has 104 valence electrons. The molecule has 1 aromatic rings. The average molecular weight is 282 g/mol. The Morgan fingerprint density at radius 1 is 1.47 bits per heavy atom. The summed E-state index contributed by atoms with van der Waals surface area (Å²) in [6.07, 6.45) is 0.795. The summed E-state index contributed by atoms with van der Waals surface area (Å²) in [7, 11) is 0. The Morgan fingerprint density at radius 3 is 2.68 bits per heavy atom. The first-order chi connectivity index (χ1) is 9.00. The van der Waals surface area contributed by atoms with Gasteiger partial charge in [0, 0.05) is 17.6 Å². The van der Waals surface area contributed by atoms with E-state index in [9.17, 15) is 4.79 Å². The topological polar surface area (TPSA) is 72.3 Å². The highest BCUT2D eigenvalue weighted by molar-refractivity contribution is 6.31. The molecule has 0 spiro atoms. The second-order valence-corrected chi connectivity index (χ2v) is 5.62. The van der Waals surface area contributed by atoms with E-state index in [4.69, 9.17) is 23.1 Å². The lowest BCUT2D eigenvalue weighted by atomic mass is 9.99. The number of carbonyl (C=O) groups excluding carboxylic acids is 1. The van der Waals surface area contributed by atoms with Crippen molar-refractivity contribution >= 4 is 17.5 Å². The van der Waals surface area contributed by atoms with Crippen LogP contribution in [-0.4, -0.2) is 29.9 Å². The lowest BCUT2D eigenvalue weighted by Gasteiger charge is -2.31. The number of carbonyl (C=O) groups is 1. The highest BCUT2D eigenvalue weighted by atomic mass is 35.5. The van der Waals surface area contributed by atoms with Gasteiger partial charge in [-0.15, -0.1) is 0 Å². The summed E-state index contributed by atoms with van der Waals surface area (Å²) < 4.78 is 0. The SMILES string of the molecule is CC(N)C(c1ccccc1Cl)N1CCC(C(N)=O)C1. The van der Waals surface area contributed by atoms with Crippen LogP contribution in [0.3, 0.4) is 0 Å². The van der Waals surface area contributed by atoms with Crippen LogP contribution < -0.4 is 11.5 Å². The van der Waals surface area contributed by atoms with Gasteiger partial charge in [-0.3, -0.25) is 9.69 Å². The molecule has 1 heterocycles. The van der Waals surface area contributed by atoms with Gasteiger partial charge in [-0.1, -0.05) is 29.8 Å². The van der Waals surface area contributed by atoms with Gasteiger partial charge in [-0.05, 0) is 31.5 Å². The van der Waals surface area contributed by atoms with Gasteiger partial charge >= 0.3 is 0 Å². The normalized spacial score (nSPS) is 23.2. The number of amides is 1. The molecular weight excluding hydrogens is 262 g/mol. The number of nitrogens with zero attached hydrogens (tertiary/aromatic N) is 1. The fraction of sp³-hybridized carbons (Fsp3) is 0.500. The molecule has 1 fully saturated rings. The Labute approximate surface area is 118 Å². The summed E-state index contributed by atoms with van der Waals surface area (Å²) in [5, 5.41) is 0.715. The van der Waals surface area contributed by atoms with Crippen molar-refractivity contribution in [2.45, 2.75) is 25.4 Å². The molecule has 2 rings (SSSR count). The molecule has 4 N–H and O–H groups in total. The third kappa shape index (κ3) is 3.08. The number of hydrogen-bond acceptors (Lipinski definition) is 3. The smallest absolute Gasteiger partial charge is 0.221 e. The van der Waals surface area contributed by atoms with E-state index in [2.05, 4.69) is 4.90 Å². The van der Waals surface area contributed by atoms with Crippen LogP contribution in [0.5, 0.6) is 0 Å². The molecule has 0 radical (unpaired) electrons. The van der Waals surface area contributed by atoms with E-state index in [0.29, 0.717) is 11.6 Å². The van der Waals surface area contributed by atoms with Gasteiger partial charge in [0.05, 0.1) is 12.0 Å². The Morgan fingerprint density at radius 2 is 2.16 bits per heavy atom. The predicted molar refractivity (Wildman–Crippen MR) is 76.7 cm³/mol. The minimum atomic E-state index is -0.231. The summed E-state index contributed by atoms with van der Waals surface area (Å²) in [4.78, 5) is 13.5. The first-order valence-electron chi connectivity index (χ1n) is 6.54. The van der Waals surface area contributed by atoms with Crippen molar-refractivity contribution in [1.29, 1.82) is 0 Å². The number of benzene rings is 1. The number of primary amides is 1. The molecule has 3 unspecified atom stereocenters. The van der Waals surface area contributed by atoms with Crippen molar-refractivity contribution in [3.05, 3.63) is 34.9 Å². The molecule has 1 aliphatic rings. The zero-order valence-corrected chi connectivity index (χ0v) is 11.8. The summed E-state index contributed by atoms with van der Waals surface area (Å²) in [5.41, 5.74) is 12.5. The minimum absolute atomic E-state index is 0.0260. The molecule has 0 aromatic heterocycles. The molecule has 19 heavy (non-hydrogen) atoms. The lowest BCUT2D eigenvalue weighted by Crippen LogP contribution is -2.39. The van der Waals surface area contributed by atoms with E-state index in [0.717, 1.165) is 18.5 Å². The summed E-state index contributed by atoms with van der Waals surface area (Å²) in [6, 6.07) is 7.69. The maximum atomic E-state index is 11.3. The third-order valence-corrected chi connectivity index (χ3v) is 4.08. The van der Waals surface area contributed by atoms with Crippen molar-refractivity contribution in [2.75, 3.05) is 13.1 Å². The van der Waals surface area contributed by atoms with Crippen LogP contribution in [0, 0.1) is 5.92 Å². The average Bonchev–Trinajstić information content (AvgIpc) is 2.81. The predicted octanol–water partition coefficient (Wildman–Crippen LogP) is 1.54. The first kappa shape index (κ1) is 14.3. The largest absolute Gasteiger partial charge is 0.369 e. The summed E-state index contributed by atoms with van der Waals surface area (Å²) in [6.45, 7) is 3.45. The van der Waals surface area contributed by atoms with Crippen LogP contribution in [0.25, 0.3) is 0 Å². The summed E-state index contributed by atoms with van der Waals surface area (Å²) >= 11 is 6.27. The molecule has 1 amide bonds. The van der Waals surface area contributed by atoms with Crippen LogP contribution in [0.4, 0.5) is 0 Å². The number of likely N-dealkylation sites (tertiary alicyclic amines) is 1. The Bertz CT molecular complexity index is 464.